The van der Waals surface area contributed by atoms with Gasteiger partial charge in [0.2, 0.25) is 0 Å². The highest BCUT2D eigenvalue weighted by molar-refractivity contribution is 5.29. The van der Waals surface area contributed by atoms with Gasteiger partial charge in [-0.1, -0.05) is 44.7 Å². The molecule has 33 heavy (non-hydrogen) atoms. The standard InChI is InChI=1S/C28H42F2O3/c1-2-3-20-4-11-24(12-5-20)25-18-31-27(32-19-25)17-8-21-6-9-22(10-7-21)23-13-15-26(16-14-23)33-28(29)30/h13-16,20-22,24-25,27-28H,2-12,17-19H2,1H3. The van der Waals surface area contributed by atoms with Crippen LogP contribution in [0.25, 0.3) is 0 Å². The zero-order chi connectivity index (χ0) is 23.0. The van der Waals surface area contributed by atoms with Gasteiger partial charge in [0, 0.05) is 5.92 Å². The van der Waals surface area contributed by atoms with Crippen LogP contribution in [0.5, 0.6) is 5.75 Å². The highest BCUT2D eigenvalue weighted by Gasteiger charge is 2.32. The molecule has 0 unspecified atom stereocenters. The first-order chi connectivity index (χ1) is 16.1. The molecule has 186 valence electrons. The molecule has 2 saturated carbocycles. The zero-order valence-corrected chi connectivity index (χ0v) is 20.2. The third-order valence-electron chi connectivity index (χ3n) is 8.48. The fraction of sp³-hybridized carbons (Fsp3) is 0.786. The van der Waals surface area contributed by atoms with Gasteiger partial charge in [-0.05, 0) is 92.7 Å². The van der Waals surface area contributed by atoms with Crippen molar-refractivity contribution in [3.05, 3.63) is 29.8 Å². The fourth-order valence-corrected chi connectivity index (χ4v) is 6.43. The van der Waals surface area contributed by atoms with Gasteiger partial charge in [-0.2, -0.15) is 8.78 Å². The van der Waals surface area contributed by atoms with Crippen LogP contribution in [-0.2, 0) is 9.47 Å². The molecule has 3 nitrogen and oxygen atoms in total. The van der Waals surface area contributed by atoms with Crippen molar-refractivity contribution >= 4 is 0 Å². The predicted molar refractivity (Wildman–Crippen MR) is 127 cm³/mol. The minimum Gasteiger partial charge on any atom is -0.435 e. The molecule has 1 aromatic carbocycles. The molecule has 2 aliphatic carbocycles. The number of hydrogen-bond acceptors (Lipinski definition) is 3. The SMILES string of the molecule is CCCC1CCC(C2COC(CCC3CCC(c4ccc(OC(F)F)cc4)CC3)OC2)CC1. The van der Waals surface area contributed by atoms with E-state index in [0.29, 0.717) is 11.8 Å². The van der Waals surface area contributed by atoms with Crippen LogP contribution in [0.2, 0.25) is 0 Å². The van der Waals surface area contributed by atoms with Crippen molar-refractivity contribution in [3.8, 4) is 5.75 Å². The maximum absolute atomic E-state index is 12.3. The van der Waals surface area contributed by atoms with E-state index in [1.165, 1.54) is 63.4 Å². The van der Waals surface area contributed by atoms with E-state index in [9.17, 15) is 8.78 Å². The number of alkyl halides is 2. The largest absolute Gasteiger partial charge is 0.435 e. The summed E-state index contributed by atoms with van der Waals surface area (Å²) < 4.78 is 41.4. The lowest BCUT2D eigenvalue weighted by Gasteiger charge is -2.38. The molecule has 0 aromatic heterocycles. The smallest absolute Gasteiger partial charge is 0.387 e. The zero-order valence-electron chi connectivity index (χ0n) is 20.2. The third kappa shape index (κ3) is 7.39. The first-order valence-corrected chi connectivity index (χ1v) is 13.4. The first-order valence-electron chi connectivity index (χ1n) is 13.4. The maximum Gasteiger partial charge on any atom is 0.387 e. The summed E-state index contributed by atoms with van der Waals surface area (Å²) in [5.74, 6) is 3.85. The van der Waals surface area contributed by atoms with Crippen molar-refractivity contribution in [1.29, 1.82) is 0 Å². The van der Waals surface area contributed by atoms with Gasteiger partial charge in [0.05, 0.1) is 13.2 Å². The second-order valence-corrected chi connectivity index (χ2v) is 10.7. The normalized spacial score (nSPS) is 33.2. The molecule has 0 radical (unpaired) electrons. The molecule has 0 bridgehead atoms. The Kier molecular flexibility index (Phi) is 9.43. The van der Waals surface area contributed by atoms with E-state index in [1.54, 1.807) is 12.1 Å². The summed E-state index contributed by atoms with van der Waals surface area (Å²) >= 11 is 0. The molecule has 0 N–H and O–H groups in total. The summed E-state index contributed by atoms with van der Waals surface area (Å²) in [6.07, 6.45) is 15.2. The van der Waals surface area contributed by atoms with Crippen LogP contribution < -0.4 is 4.74 Å². The van der Waals surface area contributed by atoms with Gasteiger partial charge in [0.25, 0.3) is 0 Å². The second kappa shape index (κ2) is 12.5. The molecule has 1 aromatic rings. The van der Waals surface area contributed by atoms with Crippen molar-refractivity contribution in [2.24, 2.45) is 23.7 Å². The number of rotatable bonds is 9. The van der Waals surface area contributed by atoms with E-state index in [-0.39, 0.29) is 12.0 Å². The molecule has 3 fully saturated rings. The van der Waals surface area contributed by atoms with Crippen LogP contribution >= 0.6 is 0 Å². The van der Waals surface area contributed by atoms with Crippen LogP contribution in [-0.4, -0.2) is 26.1 Å². The molecular weight excluding hydrogens is 422 g/mol. The Morgan fingerprint density at radius 1 is 0.788 bits per heavy atom. The lowest BCUT2D eigenvalue weighted by molar-refractivity contribution is -0.213. The third-order valence-corrected chi connectivity index (χ3v) is 8.48. The van der Waals surface area contributed by atoms with Gasteiger partial charge in [0.15, 0.2) is 6.29 Å². The van der Waals surface area contributed by atoms with Gasteiger partial charge in [-0.15, -0.1) is 0 Å². The number of benzene rings is 1. The minimum absolute atomic E-state index is 0.0159. The van der Waals surface area contributed by atoms with Crippen molar-refractivity contribution in [3.63, 3.8) is 0 Å². The van der Waals surface area contributed by atoms with Gasteiger partial charge in [-0.3, -0.25) is 0 Å². The molecular formula is C28H42F2O3. The lowest BCUT2D eigenvalue weighted by atomic mass is 9.75. The van der Waals surface area contributed by atoms with E-state index in [4.69, 9.17) is 9.47 Å². The van der Waals surface area contributed by atoms with Crippen LogP contribution in [0.15, 0.2) is 24.3 Å². The van der Waals surface area contributed by atoms with E-state index in [0.717, 1.165) is 50.2 Å². The van der Waals surface area contributed by atoms with Crippen molar-refractivity contribution in [2.45, 2.75) is 103 Å². The number of hydrogen-bond donors (Lipinski definition) is 0. The van der Waals surface area contributed by atoms with Crippen molar-refractivity contribution < 1.29 is 23.0 Å². The van der Waals surface area contributed by atoms with E-state index >= 15 is 0 Å². The highest BCUT2D eigenvalue weighted by atomic mass is 19.3. The molecule has 1 heterocycles. The lowest BCUT2D eigenvalue weighted by Crippen LogP contribution is -2.37. The Labute approximate surface area is 198 Å². The fourth-order valence-electron chi connectivity index (χ4n) is 6.43. The van der Waals surface area contributed by atoms with Crippen LogP contribution in [0, 0.1) is 23.7 Å². The van der Waals surface area contributed by atoms with E-state index < -0.39 is 6.61 Å². The molecule has 0 spiro atoms. The molecule has 0 amide bonds. The molecule has 1 aliphatic heterocycles. The van der Waals surface area contributed by atoms with Crippen LogP contribution in [0.1, 0.15) is 95.5 Å². The Balaban J connectivity index is 1.11. The Morgan fingerprint density at radius 2 is 1.39 bits per heavy atom. The molecule has 3 aliphatic rings. The quantitative estimate of drug-likeness (QED) is 0.371. The van der Waals surface area contributed by atoms with Gasteiger partial charge in [-0.25, -0.2) is 0 Å². The summed E-state index contributed by atoms with van der Waals surface area (Å²) in [6.45, 7) is 1.30. The maximum atomic E-state index is 12.3. The van der Waals surface area contributed by atoms with Crippen molar-refractivity contribution in [2.75, 3.05) is 13.2 Å². The summed E-state index contributed by atoms with van der Waals surface area (Å²) in [5.41, 5.74) is 1.24. The topological polar surface area (TPSA) is 27.7 Å². The molecule has 0 atom stereocenters. The predicted octanol–water partition coefficient (Wildman–Crippen LogP) is 7.94. The molecule has 5 heteroatoms. The monoisotopic (exact) mass is 464 g/mol. The highest BCUT2D eigenvalue weighted by Crippen LogP contribution is 2.40. The van der Waals surface area contributed by atoms with Crippen molar-refractivity contribution in [1.82, 2.24) is 0 Å². The number of ether oxygens (including phenoxy) is 3. The average molecular weight is 465 g/mol. The Morgan fingerprint density at radius 3 is 2.00 bits per heavy atom. The first kappa shape index (κ1) is 24.9. The van der Waals surface area contributed by atoms with Crippen LogP contribution in [0.4, 0.5) is 8.78 Å². The average Bonchev–Trinajstić information content (AvgIpc) is 2.84. The van der Waals surface area contributed by atoms with E-state index in [1.807, 2.05) is 12.1 Å². The summed E-state index contributed by atoms with van der Waals surface area (Å²) in [5, 5.41) is 0. The van der Waals surface area contributed by atoms with E-state index in [2.05, 4.69) is 11.7 Å². The molecule has 1 saturated heterocycles. The minimum atomic E-state index is -2.76. The van der Waals surface area contributed by atoms with Crippen LogP contribution in [0.3, 0.4) is 0 Å². The number of halogens is 2. The Hall–Kier alpha value is -1.20. The molecule has 4 rings (SSSR count). The van der Waals surface area contributed by atoms with Gasteiger partial charge >= 0.3 is 6.61 Å². The summed E-state index contributed by atoms with van der Waals surface area (Å²) in [7, 11) is 0. The van der Waals surface area contributed by atoms with Gasteiger partial charge < -0.3 is 14.2 Å². The summed E-state index contributed by atoms with van der Waals surface area (Å²) in [6, 6.07) is 7.21. The Bertz CT molecular complexity index is 671. The second-order valence-electron chi connectivity index (χ2n) is 10.7. The van der Waals surface area contributed by atoms with Gasteiger partial charge in [0.1, 0.15) is 5.75 Å². The summed E-state index contributed by atoms with van der Waals surface area (Å²) in [4.78, 5) is 0.